The summed E-state index contributed by atoms with van der Waals surface area (Å²) >= 11 is 0. The van der Waals surface area contributed by atoms with Crippen LogP contribution in [0.4, 0.5) is 0 Å². The largest absolute Gasteiger partial charge is 0.472 e. The molecular formula is C13H24N2O. The summed E-state index contributed by atoms with van der Waals surface area (Å²) in [6.07, 6.45) is 7.46. The van der Waals surface area contributed by atoms with Gasteiger partial charge in [0.2, 0.25) is 0 Å². The van der Waals surface area contributed by atoms with Gasteiger partial charge in [0.1, 0.15) is 0 Å². The molecule has 0 radical (unpaired) electrons. The van der Waals surface area contributed by atoms with Crippen LogP contribution in [0.25, 0.3) is 0 Å². The van der Waals surface area contributed by atoms with Crippen molar-refractivity contribution in [3.63, 3.8) is 0 Å². The summed E-state index contributed by atoms with van der Waals surface area (Å²) in [4.78, 5) is 2.30. The van der Waals surface area contributed by atoms with Gasteiger partial charge in [-0.25, -0.2) is 0 Å². The van der Waals surface area contributed by atoms with E-state index in [4.69, 9.17) is 4.42 Å². The summed E-state index contributed by atoms with van der Waals surface area (Å²) in [7, 11) is 2.14. The van der Waals surface area contributed by atoms with Gasteiger partial charge in [0.15, 0.2) is 0 Å². The molecule has 92 valence electrons. The van der Waals surface area contributed by atoms with Crippen LogP contribution >= 0.6 is 0 Å². The Morgan fingerprint density at radius 2 is 2.19 bits per heavy atom. The molecule has 16 heavy (non-hydrogen) atoms. The third kappa shape index (κ3) is 5.93. The highest BCUT2D eigenvalue weighted by molar-refractivity contribution is 5.04. The second-order valence-corrected chi connectivity index (χ2v) is 4.33. The SMILES string of the molecule is CCCCCNCCN(C)Cc1ccoc1. The first-order valence-electron chi connectivity index (χ1n) is 6.23. The van der Waals surface area contributed by atoms with E-state index in [1.165, 1.54) is 24.8 Å². The van der Waals surface area contributed by atoms with Crippen LogP contribution in [0.15, 0.2) is 23.0 Å². The summed E-state index contributed by atoms with van der Waals surface area (Å²) in [5.41, 5.74) is 1.24. The fourth-order valence-corrected chi connectivity index (χ4v) is 1.67. The molecule has 3 heteroatoms. The van der Waals surface area contributed by atoms with Crippen molar-refractivity contribution in [2.75, 3.05) is 26.7 Å². The van der Waals surface area contributed by atoms with Gasteiger partial charge in [-0.3, -0.25) is 0 Å². The number of likely N-dealkylation sites (N-methyl/N-ethyl adjacent to an activating group) is 1. The van der Waals surface area contributed by atoms with Gasteiger partial charge in [-0.2, -0.15) is 0 Å². The molecule has 1 rings (SSSR count). The number of hydrogen-bond donors (Lipinski definition) is 1. The van der Waals surface area contributed by atoms with Crippen LogP contribution in [0.3, 0.4) is 0 Å². The van der Waals surface area contributed by atoms with Crippen molar-refractivity contribution < 1.29 is 4.42 Å². The number of unbranched alkanes of at least 4 members (excludes halogenated alkanes) is 2. The lowest BCUT2D eigenvalue weighted by Gasteiger charge is -2.15. The summed E-state index contributed by atoms with van der Waals surface area (Å²) in [6.45, 7) is 6.49. The van der Waals surface area contributed by atoms with Gasteiger partial charge < -0.3 is 14.6 Å². The maximum Gasteiger partial charge on any atom is 0.0947 e. The molecule has 0 amide bonds. The number of furan rings is 1. The van der Waals surface area contributed by atoms with Crippen LogP contribution in [-0.4, -0.2) is 31.6 Å². The van der Waals surface area contributed by atoms with Gasteiger partial charge >= 0.3 is 0 Å². The molecule has 0 fully saturated rings. The second-order valence-electron chi connectivity index (χ2n) is 4.33. The normalized spacial score (nSPS) is 11.2. The van der Waals surface area contributed by atoms with E-state index in [1.54, 1.807) is 6.26 Å². The van der Waals surface area contributed by atoms with Crippen molar-refractivity contribution in [3.8, 4) is 0 Å². The molecule has 0 aliphatic heterocycles. The zero-order chi connectivity index (χ0) is 11.6. The average Bonchev–Trinajstić information content (AvgIpc) is 2.76. The third-order valence-electron chi connectivity index (χ3n) is 2.66. The number of nitrogens with zero attached hydrogens (tertiary/aromatic N) is 1. The standard InChI is InChI=1S/C13H24N2O/c1-3-4-5-7-14-8-9-15(2)11-13-6-10-16-12-13/h6,10,12,14H,3-5,7-9,11H2,1-2H3. The molecule has 1 aromatic heterocycles. The zero-order valence-corrected chi connectivity index (χ0v) is 10.5. The van der Waals surface area contributed by atoms with Crippen LogP contribution in [-0.2, 0) is 6.54 Å². The zero-order valence-electron chi connectivity index (χ0n) is 10.5. The van der Waals surface area contributed by atoms with Gasteiger partial charge in [-0.15, -0.1) is 0 Å². The van der Waals surface area contributed by atoms with E-state index in [2.05, 4.69) is 24.2 Å². The number of rotatable bonds is 9. The van der Waals surface area contributed by atoms with E-state index in [0.29, 0.717) is 0 Å². The van der Waals surface area contributed by atoms with Crippen LogP contribution in [0, 0.1) is 0 Å². The average molecular weight is 224 g/mol. The molecule has 0 aromatic carbocycles. The van der Waals surface area contributed by atoms with E-state index in [0.717, 1.165) is 26.2 Å². The Morgan fingerprint density at radius 3 is 2.88 bits per heavy atom. The molecule has 3 nitrogen and oxygen atoms in total. The smallest absolute Gasteiger partial charge is 0.0947 e. The first-order valence-corrected chi connectivity index (χ1v) is 6.23. The van der Waals surface area contributed by atoms with E-state index in [-0.39, 0.29) is 0 Å². The Morgan fingerprint density at radius 1 is 1.31 bits per heavy atom. The van der Waals surface area contributed by atoms with Crippen molar-refractivity contribution in [2.45, 2.75) is 32.7 Å². The summed E-state index contributed by atoms with van der Waals surface area (Å²) in [5.74, 6) is 0. The molecule has 0 atom stereocenters. The quantitative estimate of drug-likeness (QED) is 0.653. The summed E-state index contributed by atoms with van der Waals surface area (Å²) in [5, 5.41) is 3.47. The predicted octanol–water partition coefficient (Wildman–Crippen LogP) is 2.49. The number of nitrogens with one attached hydrogen (secondary N) is 1. The lowest BCUT2D eigenvalue weighted by Crippen LogP contribution is -2.29. The second kappa shape index (κ2) is 8.36. The predicted molar refractivity (Wildman–Crippen MR) is 67.4 cm³/mol. The van der Waals surface area contributed by atoms with Gasteiger partial charge in [0.05, 0.1) is 12.5 Å². The van der Waals surface area contributed by atoms with Crippen LogP contribution in [0.1, 0.15) is 31.7 Å². The number of hydrogen-bond acceptors (Lipinski definition) is 3. The third-order valence-corrected chi connectivity index (χ3v) is 2.66. The van der Waals surface area contributed by atoms with Crippen LogP contribution in [0.5, 0.6) is 0 Å². The first-order chi connectivity index (χ1) is 7.83. The van der Waals surface area contributed by atoms with E-state index < -0.39 is 0 Å². The van der Waals surface area contributed by atoms with Gasteiger partial charge in [-0.1, -0.05) is 19.8 Å². The van der Waals surface area contributed by atoms with E-state index in [1.807, 2.05) is 12.3 Å². The Kier molecular flexibility index (Phi) is 6.93. The Labute approximate surface area is 98.8 Å². The highest BCUT2D eigenvalue weighted by Gasteiger charge is 2.00. The molecule has 0 aliphatic rings. The highest BCUT2D eigenvalue weighted by atomic mass is 16.3. The minimum atomic E-state index is 0.965. The lowest BCUT2D eigenvalue weighted by molar-refractivity contribution is 0.323. The maximum absolute atomic E-state index is 5.04. The summed E-state index contributed by atoms with van der Waals surface area (Å²) in [6, 6.07) is 2.02. The van der Waals surface area contributed by atoms with Gasteiger partial charge in [-0.05, 0) is 26.1 Å². The van der Waals surface area contributed by atoms with Crippen molar-refractivity contribution in [1.82, 2.24) is 10.2 Å². The molecule has 1 aromatic rings. The van der Waals surface area contributed by atoms with Crippen LogP contribution in [0.2, 0.25) is 0 Å². The molecule has 1 heterocycles. The minimum absolute atomic E-state index is 0.965. The van der Waals surface area contributed by atoms with Crippen molar-refractivity contribution >= 4 is 0 Å². The molecule has 0 unspecified atom stereocenters. The lowest BCUT2D eigenvalue weighted by atomic mass is 10.2. The van der Waals surface area contributed by atoms with Crippen molar-refractivity contribution in [2.24, 2.45) is 0 Å². The molecular weight excluding hydrogens is 200 g/mol. The fraction of sp³-hybridized carbons (Fsp3) is 0.692. The van der Waals surface area contributed by atoms with Crippen LogP contribution < -0.4 is 5.32 Å². The summed E-state index contributed by atoms with van der Waals surface area (Å²) < 4.78 is 5.04. The van der Waals surface area contributed by atoms with E-state index in [9.17, 15) is 0 Å². The monoisotopic (exact) mass is 224 g/mol. The van der Waals surface area contributed by atoms with Crippen molar-refractivity contribution in [3.05, 3.63) is 24.2 Å². The molecule has 1 N–H and O–H groups in total. The fourth-order valence-electron chi connectivity index (χ4n) is 1.67. The Balaban J connectivity index is 1.96. The van der Waals surface area contributed by atoms with Crippen molar-refractivity contribution in [1.29, 1.82) is 0 Å². The first kappa shape index (κ1) is 13.3. The van der Waals surface area contributed by atoms with E-state index >= 15 is 0 Å². The van der Waals surface area contributed by atoms with Gasteiger partial charge in [0, 0.05) is 25.2 Å². The minimum Gasteiger partial charge on any atom is -0.472 e. The molecule has 0 bridgehead atoms. The molecule has 0 saturated carbocycles. The topological polar surface area (TPSA) is 28.4 Å². The maximum atomic E-state index is 5.04. The Hall–Kier alpha value is -0.800. The molecule has 0 spiro atoms. The highest BCUT2D eigenvalue weighted by Crippen LogP contribution is 2.02. The molecule has 0 saturated heterocycles. The Bertz CT molecular complexity index is 246. The molecule has 0 aliphatic carbocycles. The van der Waals surface area contributed by atoms with Gasteiger partial charge in [0.25, 0.3) is 0 Å².